The predicted octanol–water partition coefficient (Wildman–Crippen LogP) is 6.09. The number of methoxy groups -OCH3 is 1. The van der Waals surface area contributed by atoms with E-state index in [1.54, 1.807) is 98.1 Å². The lowest BCUT2D eigenvalue weighted by Crippen LogP contribution is -2.18. The Kier molecular flexibility index (Phi) is 9.85. The van der Waals surface area contributed by atoms with E-state index in [0.29, 0.717) is 46.0 Å². The van der Waals surface area contributed by atoms with Crippen molar-refractivity contribution >= 4 is 45.6 Å². The molecule has 4 aromatic rings. The molecule has 0 fully saturated rings. The van der Waals surface area contributed by atoms with Gasteiger partial charge in [0.2, 0.25) is 0 Å². The molecule has 0 saturated carbocycles. The van der Waals surface area contributed by atoms with Crippen LogP contribution in [0.4, 0.5) is 5.69 Å². The van der Waals surface area contributed by atoms with Crippen LogP contribution in [0.3, 0.4) is 0 Å². The molecular weight excluding hydrogens is 590 g/mol. The Morgan fingerprint density at radius 1 is 0.805 bits per heavy atom. The van der Waals surface area contributed by atoms with E-state index >= 15 is 0 Å². The third-order valence-corrected chi connectivity index (χ3v) is 6.22. The van der Waals surface area contributed by atoms with E-state index in [-0.39, 0.29) is 11.7 Å². The van der Waals surface area contributed by atoms with Gasteiger partial charge in [0.25, 0.3) is 11.8 Å². The maximum absolute atomic E-state index is 12.6. The van der Waals surface area contributed by atoms with Crippen LogP contribution in [0, 0.1) is 0 Å². The van der Waals surface area contributed by atoms with E-state index in [1.807, 2.05) is 6.92 Å². The van der Waals surface area contributed by atoms with Crippen molar-refractivity contribution in [1.29, 1.82) is 0 Å². The van der Waals surface area contributed by atoms with Gasteiger partial charge < -0.3 is 19.5 Å². The highest BCUT2D eigenvalue weighted by atomic mass is 79.9. The first-order valence-electron chi connectivity index (χ1n) is 12.5. The van der Waals surface area contributed by atoms with Gasteiger partial charge in [-0.2, -0.15) is 5.10 Å². The number of hydrazone groups is 1. The fourth-order valence-corrected chi connectivity index (χ4v) is 3.85. The molecule has 9 nitrogen and oxygen atoms in total. The Balaban J connectivity index is 1.35. The number of halogens is 1. The zero-order valence-corrected chi connectivity index (χ0v) is 23.8. The molecule has 0 heterocycles. The Morgan fingerprint density at radius 2 is 1.44 bits per heavy atom. The topological polar surface area (TPSA) is 115 Å². The number of carbonyl (C=O) groups is 3. The molecular formula is C31H26BrN3O6. The molecule has 0 aliphatic heterocycles. The summed E-state index contributed by atoms with van der Waals surface area (Å²) in [5.74, 6) is 0.00695. The minimum Gasteiger partial charge on any atom is -0.497 e. The summed E-state index contributed by atoms with van der Waals surface area (Å²) in [6, 6.07) is 24.9. The summed E-state index contributed by atoms with van der Waals surface area (Å²) >= 11 is 3.34. The second-order valence-electron chi connectivity index (χ2n) is 8.49. The fourth-order valence-electron chi connectivity index (χ4n) is 3.58. The van der Waals surface area contributed by atoms with Crippen LogP contribution in [-0.4, -0.2) is 37.7 Å². The molecule has 2 N–H and O–H groups in total. The summed E-state index contributed by atoms with van der Waals surface area (Å²) in [6.45, 7) is 2.16. The number of carbonyl (C=O) groups excluding carboxylic acids is 3. The number of hydrogen-bond donors (Lipinski definition) is 2. The molecule has 0 spiro atoms. The Hall–Kier alpha value is -4.96. The zero-order chi connectivity index (χ0) is 29.2. The van der Waals surface area contributed by atoms with Crippen molar-refractivity contribution in [2.45, 2.75) is 6.92 Å². The van der Waals surface area contributed by atoms with Crippen LogP contribution in [0.1, 0.15) is 43.6 Å². The summed E-state index contributed by atoms with van der Waals surface area (Å²) in [5, 5.41) is 6.81. The van der Waals surface area contributed by atoms with Crippen molar-refractivity contribution in [1.82, 2.24) is 5.43 Å². The van der Waals surface area contributed by atoms with Crippen molar-refractivity contribution in [3.8, 4) is 17.2 Å². The molecule has 0 unspecified atom stereocenters. The van der Waals surface area contributed by atoms with Crippen LogP contribution in [0.25, 0.3) is 0 Å². The van der Waals surface area contributed by atoms with Crippen molar-refractivity contribution < 1.29 is 28.6 Å². The molecule has 0 radical (unpaired) electrons. The van der Waals surface area contributed by atoms with Crippen molar-refractivity contribution in [2.24, 2.45) is 5.10 Å². The number of nitrogens with zero attached hydrogens (tertiary/aromatic N) is 1. The van der Waals surface area contributed by atoms with Gasteiger partial charge in [-0.1, -0.05) is 15.9 Å². The summed E-state index contributed by atoms with van der Waals surface area (Å²) in [6.07, 6.45) is 1.45. The van der Waals surface area contributed by atoms with Gasteiger partial charge in [0.1, 0.15) is 5.75 Å². The number of amides is 2. The first kappa shape index (κ1) is 29.0. The van der Waals surface area contributed by atoms with Crippen LogP contribution in [0.15, 0.2) is 101 Å². The minimum absolute atomic E-state index is 0.251. The van der Waals surface area contributed by atoms with Gasteiger partial charge in [-0.15, -0.1) is 0 Å². The van der Waals surface area contributed by atoms with E-state index in [4.69, 9.17) is 14.2 Å². The number of rotatable bonds is 10. The SMILES string of the molecule is CCOc1cc(/C=N\NC(=O)c2ccc(NC(=O)c3ccc(Br)cc3)cc2)ccc1OC(=O)c1ccc(OC)cc1. The molecule has 2 amide bonds. The first-order chi connectivity index (χ1) is 19.9. The van der Waals surface area contributed by atoms with Gasteiger partial charge in [-0.25, -0.2) is 10.2 Å². The summed E-state index contributed by atoms with van der Waals surface area (Å²) in [7, 11) is 1.55. The standard InChI is InChI=1S/C31H26BrN3O6/c1-3-40-28-18-20(4-17-27(28)41-31(38)23-9-15-26(39-2)16-10-23)19-33-35-30(37)22-7-13-25(14-8-22)34-29(36)21-5-11-24(32)12-6-21/h4-19H,3H2,1-2H3,(H,34,36)(H,35,37)/b33-19-. The van der Waals surface area contributed by atoms with Crippen molar-refractivity contribution in [2.75, 3.05) is 19.0 Å². The van der Waals surface area contributed by atoms with Crippen LogP contribution in [-0.2, 0) is 0 Å². The average molecular weight is 616 g/mol. The number of benzene rings is 4. The molecule has 4 aromatic carbocycles. The largest absolute Gasteiger partial charge is 0.497 e. The molecule has 0 bridgehead atoms. The van der Waals surface area contributed by atoms with Crippen LogP contribution in [0.2, 0.25) is 0 Å². The molecule has 4 rings (SSSR count). The maximum Gasteiger partial charge on any atom is 0.343 e. The number of nitrogens with one attached hydrogen (secondary N) is 2. The highest BCUT2D eigenvalue weighted by molar-refractivity contribution is 9.10. The minimum atomic E-state index is -0.541. The summed E-state index contributed by atoms with van der Waals surface area (Å²) in [4.78, 5) is 37.5. The van der Waals surface area contributed by atoms with E-state index in [9.17, 15) is 14.4 Å². The second kappa shape index (κ2) is 13.9. The monoisotopic (exact) mass is 615 g/mol. The molecule has 41 heavy (non-hydrogen) atoms. The Labute approximate surface area is 245 Å². The Bertz CT molecular complexity index is 1550. The first-order valence-corrected chi connectivity index (χ1v) is 13.3. The summed E-state index contributed by atoms with van der Waals surface area (Å²) < 4.78 is 17.2. The molecule has 0 aromatic heterocycles. The molecule has 10 heteroatoms. The van der Waals surface area contributed by atoms with Gasteiger partial charge in [-0.3, -0.25) is 9.59 Å². The zero-order valence-electron chi connectivity index (χ0n) is 22.2. The van der Waals surface area contributed by atoms with Crippen LogP contribution in [0.5, 0.6) is 17.2 Å². The fraction of sp³-hybridized carbons (Fsp3) is 0.0968. The van der Waals surface area contributed by atoms with Gasteiger partial charge in [0.15, 0.2) is 11.5 Å². The highest BCUT2D eigenvalue weighted by Gasteiger charge is 2.14. The van der Waals surface area contributed by atoms with E-state index in [2.05, 4.69) is 31.8 Å². The van der Waals surface area contributed by atoms with Gasteiger partial charge >= 0.3 is 5.97 Å². The molecule has 0 saturated heterocycles. The average Bonchev–Trinajstić information content (AvgIpc) is 2.99. The highest BCUT2D eigenvalue weighted by Crippen LogP contribution is 2.29. The van der Waals surface area contributed by atoms with E-state index in [0.717, 1.165) is 4.47 Å². The summed E-state index contributed by atoms with van der Waals surface area (Å²) in [5.41, 5.74) is 4.87. The van der Waals surface area contributed by atoms with Gasteiger partial charge in [-0.05, 0) is 103 Å². The maximum atomic E-state index is 12.6. The van der Waals surface area contributed by atoms with Gasteiger partial charge in [0, 0.05) is 21.3 Å². The lowest BCUT2D eigenvalue weighted by Gasteiger charge is -2.11. The Morgan fingerprint density at radius 3 is 2.10 bits per heavy atom. The van der Waals surface area contributed by atoms with Crippen molar-refractivity contribution in [3.05, 3.63) is 118 Å². The molecule has 0 atom stereocenters. The third kappa shape index (κ3) is 8.02. The van der Waals surface area contributed by atoms with E-state index < -0.39 is 11.9 Å². The van der Waals surface area contributed by atoms with Crippen LogP contribution < -0.4 is 25.0 Å². The quantitative estimate of drug-likeness (QED) is 0.0965. The number of hydrogen-bond acceptors (Lipinski definition) is 7. The lowest BCUT2D eigenvalue weighted by molar-refractivity contribution is 0.0728. The third-order valence-electron chi connectivity index (χ3n) is 5.69. The normalized spacial score (nSPS) is 10.6. The molecule has 0 aliphatic carbocycles. The number of esters is 1. The molecule has 208 valence electrons. The number of ether oxygens (including phenoxy) is 3. The molecule has 0 aliphatic rings. The smallest absolute Gasteiger partial charge is 0.343 e. The lowest BCUT2D eigenvalue weighted by atomic mass is 10.1. The predicted molar refractivity (Wildman–Crippen MR) is 159 cm³/mol. The van der Waals surface area contributed by atoms with Gasteiger partial charge in [0.05, 0.1) is 25.5 Å². The second-order valence-corrected chi connectivity index (χ2v) is 9.41. The van der Waals surface area contributed by atoms with Crippen LogP contribution >= 0.6 is 15.9 Å². The van der Waals surface area contributed by atoms with Crippen molar-refractivity contribution in [3.63, 3.8) is 0 Å². The van der Waals surface area contributed by atoms with E-state index in [1.165, 1.54) is 6.21 Å². The number of anilines is 1.